The molecular formula is C24H26ClN3O3. The van der Waals surface area contributed by atoms with Crippen molar-refractivity contribution in [2.75, 3.05) is 19.7 Å². The van der Waals surface area contributed by atoms with Crippen LogP contribution >= 0.6 is 11.6 Å². The van der Waals surface area contributed by atoms with Gasteiger partial charge in [-0.15, -0.1) is 0 Å². The number of amides is 1. The number of hydrogen-bond donors (Lipinski definition) is 1. The van der Waals surface area contributed by atoms with Crippen molar-refractivity contribution in [1.29, 1.82) is 0 Å². The number of likely N-dealkylation sites (tertiary alicyclic amines) is 1. The van der Waals surface area contributed by atoms with Gasteiger partial charge in [-0.1, -0.05) is 35.9 Å². The van der Waals surface area contributed by atoms with Gasteiger partial charge in [-0.05, 0) is 61.6 Å². The van der Waals surface area contributed by atoms with Gasteiger partial charge in [0.2, 0.25) is 5.91 Å². The third-order valence-electron chi connectivity index (χ3n) is 5.84. The molecule has 1 fully saturated rings. The smallest absolute Gasteiger partial charge is 0.255 e. The molecule has 0 unspecified atom stereocenters. The van der Waals surface area contributed by atoms with E-state index >= 15 is 0 Å². The number of piperidine rings is 1. The molecule has 0 atom stereocenters. The number of rotatable bonds is 7. The number of para-hydroxylation sites is 1. The van der Waals surface area contributed by atoms with Gasteiger partial charge in [0.25, 0.3) is 5.56 Å². The minimum absolute atomic E-state index is 0.0385. The molecule has 31 heavy (non-hydrogen) atoms. The first kappa shape index (κ1) is 21.4. The molecule has 7 heteroatoms. The van der Waals surface area contributed by atoms with Crippen LogP contribution in [0.3, 0.4) is 0 Å². The van der Waals surface area contributed by atoms with Crippen molar-refractivity contribution in [2.24, 2.45) is 11.7 Å². The van der Waals surface area contributed by atoms with Crippen LogP contribution in [-0.4, -0.2) is 35.1 Å². The lowest BCUT2D eigenvalue weighted by Gasteiger charge is -2.30. The predicted molar refractivity (Wildman–Crippen MR) is 122 cm³/mol. The van der Waals surface area contributed by atoms with Gasteiger partial charge >= 0.3 is 0 Å². The molecule has 6 nitrogen and oxygen atoms in total. The highest BCUT2D eigenvalue weighted by Crippen LogP contribution is 2.22. The fourth-order valence-corrected chi connectivity index (χ4v) is 4.29. The number of ether oxygens (including phenoxy) is 1. The highest BCUT2D eigenvalue weighted by Gasteiger charge is 2.24. The molecule has 1 aliphatic heterocycles. The molecule has 1 amide bonds. The number of carbonyl (C=O) groups is 1. The molecular weight excluding hydrogens is 414 g/mol. The Balaban J connectivity index is 1.56. The van der Waals surface area contributed by atoms with Crippen molar-refractivity contribution in [2.45, 2.75) is 25.9 Å². The van der Waals surface area contributed by atoms with Gasteiger partial charge in [0, 0.05) is 23.0 Å². The first-order valence-corrected chi connectivity index (χ1v) is 10.9. The monoisotopic (exact) mass is 439 g/mol. The molecule has 2 N–H and O–H groups in total. The lowest BCUT2D eigenvalue weighted by molar-refractivity contribution is -0.123. The average molecular weight is 440 g/mol. The van der Waals surface area contributed by atoms with E-state index in [2.05, 4.69) is 4.90 Å². The van der Waals surface area contributed by atoms with E-state index in [1.54, 1.807) is 4.57 Å². The molecule has 0 spiro atoms. The predicted octanol–water partition coefficient (Wildman–Crippen LogP) is 3.43. The highest BCUT2D eigenvalue weighted by molar-refractivity contribution is 6.31. The van der Waals surface area contributed by atoms with E-state index in [1.807, 2.05) is 54.6 Å². The zero-order chi connectivity index (χ0) is 21.8. The highest BCUT2D eigenvalue weighted by atomic mass is 35.5. The zero-order valence-corrected chi connectivity index (χ0v) is 18.1. The van der Waals surface area contributed by atoms with E-state index in [0.717, 1.165) is 48.1 Å². The van der Waals surface area contributed by atoms with Gasteiger partial charge < -0.3 is 15.0 Å². The molecule has 1 aromatic heterocycles. The van der Waals surface area contributed by atoms with Crippen LogP contribution in [0, 0.1) is 5.92 Å². The summed E-state index contributed by atoms with van der Waals surface area (Å²) in [7, 11) is 0. The molecule has 1 saturated heterocycles. The number of hydrogen-bond acceptors (Lipinski definition) is 4. The van der Waals surface area contributed by atoms with Crippen LogP contribution in [0.5, 0.6) is 5.75 Å². The van der Waals surface area contributed by atoms with Crippen LogP contribution in [0.25, 0.3) is 10.9 Å². The van der Waals surface area contributed by atoms with E-state index in [4.69, 9.17) is 22.1 Å². The molecule has 162 valence electrons. The Bertz CT molecular complexity index is 1120. The number of halogens is 1. The quantitative estimate of drug-likeness (QED) is 0.611. The molecule has 0 aliphatic carbocycles. The Labute approximate surface area is 186 Å². The Hall–Kier alpha value is -2.83. The number of nitrogens with two attached hydrogens (primary N) is 1. The van der Waals surface area contributed by atoms with Crippen LogP contribution in [0.2, 0.25) is 5.02 Å². The Morgan fingerprint density at radius 2 is 1.84 bits per heavy atom. The fourth-order valence-electron chi connectivity index (χ4n) is 4.13. The summed E-state index contributed by atoms with van der Waals surface area (Å²) in [5, 5.41) is 1.55. The minimum atomic E-state index is -0.233. The average Bonchev–Trinajstić information content (AvgIpc) is 2.77. The van der Waals surface area contributed by atoms with Gasteiger partial charge in [-0.25, -0.2) is 0 Å². The topological polar surface area (TPSA) is 77.6 Å². The second kappa shape index (κ2) is 9.54. The van der Waals surface area contributed by atoms with Crippen molar-refractivity contribution in [3.8, 4) is 5.75 Å². The van der Waals surface area contributed by atoms with Crippen molar-refractivity contribution in [1.82, 2.24) is 9.47 Å². The summed E-state index contributed by atoms with van der Waals surface area (Å²) in [5.41, 5.74) is 6.93. The van der Waals surface area contributed by atoms with Gasteiger partial charge in [0.1, 0.15) is 12.4 Å². The summed E-state index contributed by atoms with van der Waals surface area (Å²) in [6.45, 7) is 2.84. The van der Waals surface area contributed by atoms with Crippen LogP contribution in [0.15, 0.2) is 59.4 Å². The first-order valence-electron chi connectivity index (χ1n) is 10.5. The summed E-state index contributed by atoms with van der Waals surface area (Å²) in [4.78, 5) is 27.0. The zero-order valence-electron chi connectivity index (χ0n) is 17.3. The number of primary amides is 1. The third-order valence-corrected chi connectivity index (χ3v) is 6.08. The first-order chi connectivity index (χ1) is 15.0. The van der Waals surface area contributed by atoms with E-state index in [-0.39, 0.29) is 17.4 Å². The molecule has 0 saturated carbocycles. The summed E-state index contributed by atoms with van der Waals surface area (Å²) >= 11 is 6.21. The van der Waals surface area contributed by atoms with Crippen molar-refractivity contribution >= 4 is 28.4 Å². The Morgan fingerprint density at radius 3 is 2.55 bits per heavy atom. The number of aromatic nitrogens is 1. The van der Waals surface area contributed by atoms with Crippen LogP contribution in [0.1, 0.15) is 18.4 Å². The summed E-state index contributed by atoms with van der Waals surface area (Å²) in [5.74, 6) is 0.469. The summed E-state index contributed by atoms with van der Waals surface area (Å²) < 4.78 is 7.57. The standard InChI is InChI=1S/C24H26ClN3O3/c25-20-7-6-18-14-19(16-27-10-8-17(9-11-27)23(26)29)24(30)28(22(18)15-20)12-13-31-21-4-2-1-3-5-21/h1-7,14-15,17H,8-13,16H2,(H2,26,29). The normalized spacial score (nSPS) is 15.3. The van der Waals surface area contributed by atoms with Gasteiger partial charge in [-0.3, -0.25) is 14.5 Å². The van der Waals surface area contributed by atoms with E-state index < -0.39 is 0 Å². The molecule has 2 heterocycles. The van der Waals surface area contributed by atoms with Crippen molar-refractivity contribution in [3.63, 3.8) is 0 Å². The fraction of sp³-hybridized carbons (Fsp3) is 0.333. The van der Waals surface area contributed by atoms with E-state index in [9.17, 15) is 9.59 Å². The lowest BCUT2D eigenvalue weighted by atomic mass is 9.96. The molecule has 0 bridgehead atoms. The molecule has 3 aromatic rings. The van der Waals surface area contributed by atoms with Crippen molar-refractivity contribution < 1.29 is 9.53 Å². The number of nitrogens with zero attached hydrogens (tertiary/aromatic N) is 2. The van der Waals surface area contributed by atoms with Crippen molar-refractivity contribution in [3.05, 3.63) is 75.5 Å². The second-order valence-electron chi connectivity index (χ2n) is 7.94. The molecule has 4 rings (SSSR count). The number of carbonyl (C=O) groups excluding carboxylic acids is 1. The molecule has 0 radical (unpaired) electrons. The number of pyridine rings is 1. The van der Waals surface area contributed by atoms with Crippen LogP contribution in [0.4, 0.5) is 0 Å². The Morgan fingerprint density at radius 1 is 1.10 bits per heavy atom. The minimum Gasteiger partial charge on any atom is -0.492 e. The van der Waals surface area contributed by atoms with E-state index in [0.29, 0.717) is 24.7 Å². The molecule has 1 aliphatic rings. The Kier molecular flexibility index (Phi) is 6.59. The second-order valence-corrected chi connectivity index (χ2v) is 8.38. The summed E-state index contributed by atoms with van der Waals surface area (Å²) in [6.07, 6.45) is 1.47. The maximum Gasteiger partial charge on any atom is 0.255 e. The maximum atomic E-state index is 13.3. The van der Waals surface area contributed by atoms with E-state index in [1.165, 1.54) is 0 Å². The maximum absolute atomic E-state index is 13.3. The van der Waals surface area contributed by atoms with Crippen LogP contribution in [-0.2, 0) is 17.9 Å². The van der Waals surface area contributed by atoms with Crippen LogP contribution < -0.4 is 16.0 Å². The SMILES string of the molecule is NC(=O)C1CCN(Cc2cc3ccc(Cl)cc3n(CCOc3ccccc3)c2=O)CC1. The van der Waals surface area contributed by atoms with Gasteiger partial charge in [0.05, 0.1) is 12.1 Å². The van der Waals surface area contributed by atoms with Gasteiger partial charge in [0.15, 0.2) is 0 Å². The van der Waals surface area contributed by atoms with Gasteiger partial charge in [-0.2, -0.15) is 0 Å². The molecule has 2 aromatic carbocycles. The lowest BCUT2D eigenvalue weighted by Crippen LogP contribution is -2.39. The number of fused-ring (bicyclic) bond motifs is 1. The third kappa shape index (κ3) is 5.09. The largest absolute Gasteiger partial charge is 0.492 e. The number of benzene rings is 2. The summed E-state index contributed by atoms with van der Waals surface area (Å²) in [6, 6.07) is 17.1.